The number of aliphatic imine (C=N–C) groups is 1. The van der Waals surface area contributed by atoms with Crippen molar-refractivity contribution in [1.29, 1.82) is 0 Å². The lowest BCUT2D eigenvalue weighted by Gasteiger charge is -2.22. The molecular formula is C17H28N4O. The van der Waals surface area contributed by atoms with E-state index in [4.69, 9.17) is 9.73 Å². The van der Waals surface area contributed by atoms with E-state index in [0.717, 1.165) is 37.5 Å². The topological polar surface area (TPSA) is 49.8 Å². The van der Waals surface area contributed by atoms with E-state index in [1.807, 2.05) is 25.1 Å². The predicted octanol–water partition coefficient (Wildman–Crippen LogP) is 2.84. The third kappa shape index (κ3) is 6.16. The second kappa shape index (κ2) is 10.7. The third-order valence-electron chi connectivity index (χ3n) is 3.13. The number of pyridine rings is 1. The van der Waals surface area contributed by atoms with Gasteiger partial charge in [0.2, 0.25) is 5.88 Å². The van der Waals surface area contributed by atoms with Crippen LogP contribution in [0.1, 0.15) is 32.3 Å². The number of allylic oxidation sites excluding steroid dienone is 1. The van der Waals surface area contributed by atoms with Gasteiger partial charge in [0.05, 0.1) is 13.2 Å². The number of hydrogen-bond donors (Lipinski definition) is 1. The van der Waals surface area contributed by atoms with Crippen molar-refractivity contribution < 1.29 is 4.74 Å². The summed E-state index contributed by atoms with van der Waals surface area (Å²) in [4.78, 5) is 11.1. The normalized spacial score (nSPS) is 11.1. The summed E-state index contributed by atoms with van der Waals surface area (Å²) >= 11 is 0. The fraction of sp³-hybridized carbons (Fsp3) is 0.529. The van der Waals surface area contributed by atoms with Crippen LogP contribution >= 0.6 is 0 Å². The number of guanidine groups is 1. The van der Waals surface area contributed by atoms with Gasteiger partial charge in [0, 0.05) is 31.9 Å². The SMILES string of the molecule is C=CCCCN(C)C(=NCc1cccnc1OCC)NCC. The molecule has 1 aromatic rings. The first kappa shape index (κ1) is 18.0. The molecule has 22 heavy (non-hydrogen) atoms. The van der Waals surface area contributed by atoms with Crippen molar-refractivity contribution in [3.05, 3.63) is 36.5 Å². The molecule has 0 aliphatic rings. The Morgan fingerprint density at radius 2 is 2.32 bits per heavy atom. The first-order valence-electron chi connectivity index (χ1n) is 7.89. The Hall–Kier alpha value is -2.04. The molecule has 1 N–H and O–H groups in total. The number of aromatic nitrogens is 1. The van der Waals surface area contributed by atoms with Gasteiger partial charge in [-0.2, -0.15) is 0 Å². The largest absolute Gasteiger partial charge is 0.478 e. The molecule has 0 saturated heterocycles. The monoisotopic (exact) mass is 304 g/mol. The number of nitrogens with zero attached hydrogens (tertiary/aromatic N) is 3. The molecule has 5 nitrogen and oxygen atoms in total. The lowest BCUT2D eigenvalue weighted by Crippen LogP contribution is -2.39. The first-order valence-corrected chi connectivity index (χ1v) is 7.89. The average molecular weight is 304 g/mol. The maximum absolute atomic E-state index is 5.54. The van der Waals surface area contributed by atoms with Crippen molar-refractivity contribution in [2.75, 3.05) is 26.7 Å². The molecule has 122 valence electrons. The summed E-state index contributed by atoms with van der Waals surface area (Å²) in [6.45, 7) is 10.7. The van der Waals surface area contributed by atoms with Crippen molar-refractivity contribution in [3.63, 3.8) is 0 Å². The van der Waals surface area contributed by atoms with E-state index in [0.29, 0.717) is 19.0 Å². The van der Waals surface area contributed by atoms with Crippen molar-refractivity contribution in [1.82, 2.24) is 15.2 Å². The Kier molecular flexibility index (Phi) is 8.72. The van der Waals surface area contributed by atoms with Crippen LogP contribution in [0.5, 0.6) is 5.88 Å². The molecule has 0 amide bonds. The molecule has 0 saturated carbocycles. The standard InChI is InChI=1S/C17H28N4O/c1-5-8-9-13-21(4)17(18-6-2)20-14-15-11-10-12-19-16(15)22-7-3/h5,10-12H,1,6-9,13-14H2,2-4H3,(H,18,20). The zero-order valence-corrected chi connectivity index (χ0v) is 14.0. The van der Waals surface area contributed by atoms with Crippen molar-refractivity contribution in [2.45, 2.75) is 33.2 Å². The molecule has 0 aromatic carbocycles. The summed E-state index contributed by atoms with van der Waals surface area (Å²) < 4.78 is 5.54. The van der Waals surface area contributed by atoms with Crippen LogP contribution in [-0.4, -0.2) is 42.6 Å². The number of ether oxygens (including phenoxy) is 1. The van der Waals surface area contributed by atoms with E-state index < -0.39 is 0 Å². The van der Waals surface area contributed by atoms with E-state index in [2.05, 4.69) is 35.8 Å². The quantitative estimate of drug-likeness (QED) is 0.330. The van der Waals surface area contributed by atoms with E-state index in [-0.39, 0.29) is 0 Å². The van der Waals surface area contributed by atoms with Gasteiger partial charge in [0.1, 0.15) is 0 Å². The second-order valence-corrected chi connectivity index (χ2v) is 4.92. The molecule has 1 aromatic heterocycles. The smallest absolute Gasteiger partial charge is 0.218 e. The van der Waals surface area contributed by atoms with Crippen LogP contribution in [-0.2, 0) is 6.54 Å². The second-order valence-electron chi connectivity index (χ2n) is 4.92. The molecule has 0 bridgehead atoms. The van der Waals surface area contributed by atoms with Crippen LogP contribution in [0.3, 0.4) is 0 Å². The molecule has 0 atom stereocenters. The van der Waals surface area contributed by atoms with Gasteiger partial charge in [-0.25, -0.2) is 9.98 Å². The summed E-state index contributed by atoms with van der Waals surface area (Å²) in [5.74, 6) is 1.57. The van der Waals surface area contributed by atoms with E-state index in [9.17, 15) is 0 Å². The molecule has 0 unspecified atom stereocenters. The Morgan fingerprint density at radius 1 is 1.50 bits per heavy atom. The summed E-state index contributed by atoms with van der Waals surface area (Å²) in [6.07, 6.45) is 5.77. The van der Waals surface area contributed by atoms with Crippen molar-refractivity contribution in [2.24, 2.45) is 4.99 Å². The number of hydrogen-bond acceptors (Lipinski definition) is 3. The van der Waals surface area contributed by atoms with Crippen LogP contribution in [0.2, 0.25) is 0 Å². The summed E-state index contributed by atoms with van der Waals surface area (Å²) in [7, 11) is 2.05. The lowest BCUT2D eigenvalue weighted by molar-refractivity contribution is 0.323. The Morgan fingerprint density at radius 3 is 3.00 bits per heavy atom. The van der Waals surface area contributed by atoms with Gasteiger partial charge in [0.15, 0.2) is 5.96 Å². The molecule has 1 heterocycles. The maximum Gasteiger partial charge on any atom is 0.218 e. The number of rotatable bonds is 9. The average Bonchev–Trinajstić information content (AvgIpc) is 2.53. The highest BCUT2D eigenvalue weighted by Gasteiger charge is 2.07. The minimum atomic E-state index is 0.553. The zero-order valence-electron chi connectivity index (χ0n) is 14.0. The molecule has 0 radical (unpaired) electrons. The van der Waals surface area contributed by atoms with Gasteiger partial charge >= 0.3 is 0 Å². The number of unbranched alkanes of at least 4 members (excludes halogenated alkanes) is 1. The van der Waals surface area contributed by atoms with E-state index in [1.165, 1.54) is 0 Å². The molecular weight excluding hydrogens is 276 g/mol. The fourth-order valence-corrected chi connectivity index (χ4v) is 2.02. The van der Waals surface area contributed by atoms with Crippen molar-refractivity contribution >= 4 is 5.96 Å². The van der Waals surface area contributed by atoms with Crippen molar-refractivity contribution in [3.8, 4) is 5.88 Å². The highest BCUT2D eigenvalue weighted by Crippen LogP contribution is 2.15. The van der Waals surface area contributed by atoms with Gasteiger partial charge in [-0.3, -0.25) is 0 Å². The minimum Gasteiger partial charge on any atom is -0.478 e. The molecule has 0 aliphatic carbocycles. The summed E-state index contributed by atoms with van der Waals surface area (Å²) in [6, 6.07) is 3.91. The highest BCUT2D eigenvalue weighted by atomic mass is 16.5. The predicted molar refractivity (Wildman–Crippen MR) is 92.3 cm³/mol. The number of nitrogens with one attached hydrogen (secondary N) is 1. The Labute approximate surface area is 134 Å². The van der Waals surface area contributed by atoms with Crippen LogP contribution in [0.15, 0.2) is 36.0 Å². The zero-order chi connectivity index (χ0) is 16.2. The van der Waals surface area contributed by atoms with Gasteiger partial charge in [-0.15, -0.1) is 6.58 Å². The molecule has 1 rings (SSSR count). The van der Waals surface area contributed by atoms with Crippen LogP contribution in [0.4, 0.5) is 0 Å². The molecule has 5 heteroatoms. The Bertz CT molecular complexity index is 473. The van der Waals surface area contributed by atoms with Gasteiger partial charge in [-0.1, -0.05) is 12.1 Å². The van der Waals surface area contributed by atoms with Crippen LogP contribution in [0.25, 0.3) is 0 Å². The fourth-order valence-electron chi connectivity index (χ4n) is 2.02. The Balaban J connectivity index is 2.74. The third-order valence-corrected chi connectivity index (χ3v) is 3.13. The molecule has 0 aliphatic heterocycles. The minimum absolute atomic E-state index is 0.553. The van der Waals surface area contributed by atoms with Gasteiger partial charge < -0.3 is 15.0 Å². The van der Waals surface area contributed by atoms with E-state index >= 15 is 0 Å². The first-order chi connectivity index (χ1) is 10.7. The van der Waals surface area contributed by atoms with E-state index in [1.54, 1.807) is 6.20 Å². The molecule has 0 spiro atoms. The lowest BCUT2D eigenvalue weighted by atomic mass is 10.3. The summed E-state index contributed by atoms with van der Waals surface area (Å²) in [5, 5.41) is 3.32. The van der Waals surface area contributed by atoms with Gasteiger partial charge in [-0.05, 0) is 32.8 Å². The molecule has 0 fully saturated rings. The van der Waals surface area contributed by atoms with Crippen LogP contribution < -0.4 is 10.1 Å². The maximum atomic E-state index is 5.54. The van der Waals surface area contributed by atoms with Crippen LogP contribution in [0, 0.1) is 0 Å². The highest BCUT2D eigenvalue weighted by molar-refractivity contribution is 5.79. The summed E-state index contributed by atoms with van der Waals surface area (Å²) in [5.41, 5.74) is 0.999. The van der Waals surface area contributed by atoms with Gasteiger partial charge in [0.25, 0.3) is 0 Å².